The lowest BCUT2D eigenvalue weighted by atomic mass is 10.2. The second-order valence-electron chi connectivity index (χ2n) is 4.28. The Bertz CT molecular complexity index is 612. The molecule has 0 bridgehead atoms. The summed E-state index contributed by atoms with van der Waals surface area (Å²) in [6.07, 6.45) is 3.58. The lowest BCUT2D eigenvalue weighted by Gasteiger charge is -2.18. The minimum absolute atomic E-state index is 0.0641. The van der Waals surface area contributed by atoms with Crippen molar-refractivity contribution in [2.75, 3.05) is 7.05 Å². The van der Waals surface area contributed by atoms with Gasteiger partial charge in [-0.2, -0.15) is 0 Å². The molecule has 0 saturated heterocycles. The Morgan fingerprint density at radius 2 is 2.26 bits per heavy atom. The number of nitrogens with zero attached hydrogens (tertiary/aromatic N) is 3. The van der Waals surface area contributed by atoms with Gasteiger partial charge in [-0.3, -0.25) is 4.79 Å². The van der Waals surface area contributed by atoms with Gasteiger partial charge in [-0.1, -0.05) is 0 Å². The molecule has 0 unspecified atom stereocenters. The largest absolute Gasteiger partial charge is 0.337 e. The number of rotatable bonds is 3. The van der Waals surface area contributed by atoms with Crippen LogP contribution in [0.15, 0.2) is 40.0 Å². The molecule has 0 saturated carbocycles. The third-order valence-corrected chi connectivity index (χ3v) is 3.80. The first-order valence-electron chi connectivity index (χ1n) is 5.69. The van der Waals surface area contributed by atoms with Gasteiger partial charge in [0.25, 0.3) is 5.91 Å². The summed E-state index contributed by atoms with van der Waals surface area (Å²) in [5.74, 6) is 0.778. The van der Waals surface area contributed by atoms with E-state index in [1.54, 1.807) is 24.2 Å². The van der Waals surface area contributed by atoms with Gasteiger partial charge in [-0.05, 0) is 34.1 Å². The summed E-state index contributed by atoms with van der Waals surface area (Å²) in [5.41, 5.74) is 0.601. The van der Waals surface area contributed by atoms with Gasteiger partial charge in [0, 0.05) is 35.9 Å². The molecule has 0 aliphatic heterocycles. The topological polar surface area (TPSA) is 38.1 Å². The summed E-state index contributed by atoms with van der Waals surface area (Å²) < 4.78 is 2.66. The van der Waals surface area contributed by atoms with Gasteiger partial charge in [0.15, 0.2) is 0 Å². The quantitative estimate of drug-likeness (QED) is 0.873. The van der Waals surface area contributed by atoms with E-state index in [0.717, 1.165) is 15.2 Å². The number of carbonyl (C=O) groups is 1. The van der Waals surface area contributed by atoms with E-state index in [4.69, 9.17) is 0 Å². The predicted molar refractivity (Wildman–Crippen MR) is 80.4 cm³/mol. The number of hydrogen-bond acceptors (Lipinski definition) is 3. The number of benzene rings is 1. The van der Waals surface area contributed by atoms with E-state index in [2.05, 4.69) is 33.5 Å². The first-order valence-corrected chi connectivity index (χ1v) is 6.93. The Morgan fingerprint density at radius 3 is 2.89 bits per heavy atom. The van der Waals surface area contributed by atoms with Crippen LogP contribution in [-0.2, 0) is 13.6 Å². The fourth-order valence-electron chi connectivity index (χ4n) is 1.72. The van der Waals surface area contributed by atoms with Crippen molar-refractivity contribution in [3.63, 3.8) is 0 Å². The fraction of sp³-hybridized carbons (Fsp3) is 0.231. The lowest BCUT2D eigenvalue weighted by molar-refractivity contribution is 0.0779. The second-order valence-corrected chi connectivity index (χ2v) is 5.65. The molecule has 0 radical (unpaired) electrons. The number of amides is 1. The van der Waals surface area contributed by atoms with Crippen molar-refractivity contribution in [1.29, 1.82) is 0 Å². The summed E-state index contributed by atoms with van der Waals surface area (Å²) in [4.78, 5) is 19.0. The highest BCUT2D eigenvalue weighted by Crippen LogP contribution is 2.22. The van der Waals surface area contributed by atoms with Crippen LogP contribution in [0.3, 0.4) is 0 Å². The maximum atomic E-state index is 12.4. The van der Waals surface area contributed by atoms with Crippen LogP contribution in [0.1, 0.15) is 16.2 Å². The lowest BCUT2D eigenvalue weighted by Crippen LogP contribution is -2.27. The molecule has 100 valence electrons. The molecule has 1 aromatic carbocycles. The van der Waals surface area contributed by atoms with Gasteiger partial charge in [0.2, 0.25) is 0 Å². The number of aromatic nitrogens is 2. The Morgan fingerprint density at radius 1 is 1.53 bits per heavy atom. The molecule has 0 aliphatic rings. The molecule has 19 heavy (non-hydrogen) atoms. The number of thiol groups is 1. The van der Waals surface area contributed by atoms with Gasteiger partial charge >= 0.3 is 0 Å². The standard InChI is InChI=1S/C13H14BrN3OS/c1-16-6-5-15-12(16)8-17(2)13(18)10-7-9(19)3-4-11(10)14/h3-7,19H,8H2,1-2H3. The number of carbonyl (C=O) groups excluding carboxylic acids is 1. The first-order chi connectivity index (χ1) is 8.99. The van der Waals surface area contributed by atoms with Crippen LogP contribution in [0.5, 0.6) is 0 Å². The molecule has 2 rings (SSSR count). The molecule has 0 N–H and O–H groups in total. The van der Waals surface area contributed by atoms with Crippen molar-refractivity contribution >= 4 is 34.5 Å². The smallest absolute Gasteiger partial charge is 0.255 e. The molecule has 1 aromatic heterocycles. The zero-order valence-corrected chi connectivity index (χ0v) is 13.1. The molecule has 0 fully saturated rings. The average molecular weight is 340 g/mol. The minimum atomic E-state index is -0.0641. The highest BCUT2D eigenvalue weighted by molar-refractivity contribution is 9.10. The van der Waals surface area contributed by atoms with E-state index in [9.17, 15) is 4.79 Å². The van der Waals surface area contributed by atoms with Crippen molar-refractivity contribution in [2.45, 2.75) is 11.4 Å². The minimum Gasteiger partial charge on any atom is -0.337 e. The highest BCUT2D eigenvalue weighted by atomic mass is 79.9. The molecule has 0 aliphatic carbocycles. The van der Waals surface area contributed by atoms with Crippen LogP contribution in [0.25, 0.3) is 0 Å². The van der Waals surface area contributed by atoms with Crippen molar-refractivity contribution in [3.05, 3.63) is 46.5 Å². The molecule has 2 aromatic rings. The van der Waals surface area contributed by atoms with Crippen molar-refractivity contribution in [2.24, 2.45) is 7.05 Å². The number of halogens is 1. The monoisotopic (exact) mass is 339 g/mol. The van der Waals surface area contributed by atoms with Crippen LogP contribution >= 0.6 is 28.6 Å². The molecular weight excluding hydrogens is 326 g/mol. The van der Waals surface area contributed by atoms with Crippen molar-refractivity contribution < 1.29 is 4.79 Å². The van der Waals surface area contributed by atoms with E-state index >= 15 is 0 Å². The summed E-state index contributed by atoms with van der Waals surface area (Å²) in [7, 11) is 3.67. The second kappa shape index (κ2) is 5.79. The van der Waals surface area contributed by atoms with Crippen LogP contribution in [0.2, 0.25) is 0 Å². The summed E-state index contributed by atoms with van der Waals surface area (Å²) in [6.45, 7) is 0.464. The molecule has 0 atom stereocenters. The number of aryl methyl sites for hydroxylation is 1. The third-order valence-electron chi connectivity index (χ3n) is 2.83. The molecule has 0 spiro atoms. The van der Waals surface area contributed by atoms with E-state index < -0.39 is 0 Å². The van der Waals surface area contributed by atoms with Crippen LogP contribution < -0.4 is 0 Å². The maximum Gasteiger partial charge on any atom is 0.255 e. The summed E-state index contributed by atoms with van der Waals surface area (Å²) >= 11 is 7.65. The van der Waals surface area contributed by atoms with E-state index in [0.29, 0.717) is 12.1 Å². The van der Waals surface area contributed by atoms with E-state index in [1.807, 2.05) is 29.9 Å². The Hall–Kier alpha value is -1.27. The molecule has 1 heterocycles. The van der Waals surface area contributed by atoms with Gasteiger partial charge in [0.05, 0.1) is 12.1 Å². The van der Waals surface area contributed by atoms with Gasteiger partial charge < -0.3 is 9.47 Å². The van der Waals surface area contributed by atoms with Crippen molar-refractivity contribution in [1.82, 2.24) is 14.5 Å². The molecule has 6 heteroatoms. The Kier molecular flexibility index (Phi) is 4.31. The third kappa shape index (κ3) is 3.19. The summed E-state index contributed by atoms with van der Waals surface area (Å²) in [5, 5.41) is 0. The normalized spacial score (nSPS) is 10.5. The van der Waals surface area contributed by atoms with Gasteiger partial charge in [0.1, 0.15) is 5.82 Å². The predicted octanol–water partition coefficient (Wildman–Crippen LogP) is 2.74. The highest BCUT2D eigenvalue weighted by Gasteiger charge is 2.16. The Labute approximate surface area is 126 Å². The van der Waals surface area contributed by atoms with Gasteiger partial charge in [-0.15, -0.1) is 12.6 Å². The molecule has 4 nitrogen and oxygen atoms in total. The van der Waals surface area contributed by atoms with E-state index in [-0.39, 0.29) is 5.91 Å². The SMILES string of the molecule is CN(Cc1nccn1C)C(=O)c1cc(S)ccc1Br. The van der Waals surface area contributed by atoms with Crippen LogP contribution in [0.4, 0.5) is 0 Å². The number of imidazole rings is 1. The van der Waals surface area contributed by atoms with Crippen LogP contribution in [-0.4, -0.2) is 27.4 Å². The average Bonchev–Trinajstić information content (AvgIpc) is 2.77. The van der Waals surface area contributed by atoms with Gasteiger partial charge in [-0.25, -0.2) is 4.98 Å². The van der Waals surface area contributed by atoms with E-state index in [1.165, 1.54) is 0 Å². The Balaban J connectivity index is 2.19. The number of hydrogen-bond donors (Lipinski definition) is 1. The first kappa shape index (κ1) is 14.1. The fourth-order valence-corrected chi connectivity index (χ4v) is 2.34. The molecular formula is C13H14BrN3OS. The maximum absolute atomic E-state index is 12.4. The van der Waals surface area contributed by atoms with Crippen LogP contribution in [0, 0.1) is 0 Å². The van der Waals surface area contributed by atoms with Crippen molar-refractivity contribution in [3.8, 4) is 0 Å². The zero-order valence-electron chi connectivity index (χ0n) is 10.7. The summed E-state index contributed by atoms with van der Waals surface area (Å²) in [6, 6.07) is 5.41. The zero-order chi connectivity index (χ0) is 14.0. The molecule has 1 amide bonds.